The molecule has 32 heavy (non-hydrogen) atoms. The first-order valence-corrected chi connectivity index (χ1v) is 11.8. The highest BCUT2D eigenvalue weighted by atomic mass is 32.1. The zero-order valence-corrected chi connectivity index (χ0v) is 19.3. The number of anilines is 1. The predicted molar refractivity (Wildman–Crippen MR) is 129 cm³/mol. The molecular weight excluding hydrogens is 420 g/mol. The van der Waals surface area contributed by atoms with Crippen molar-refractivity contribution in [3.63, 3.8) is 0 Å². The maximum Gasteiger partial charge on any atom is 0.227 e. The number of thiophene rings is 1. The summed E-state index contributed by atoms with van der Waals surface area (Å²) in [5, 5.41) is 5.22. The Morgan fingerprint density at radius 1 is 1.09 bits per heavy atom. The fourth-order valence-electron chi connectivity index (χ4n) is 4.12. The number of nitrogens with zero attached hydrogens (tertiary/aromatic N) is 1. The molecule has 2 aromatic carbocycles. The highest BCUT2D eigenvalue weighted by Gasteiger charge is 2.26. The van der Waals surface area contributed by atoms with Crippen LogP contribution in [0, 0.1) is 5.92 Å². The van der Waals surface area contributed by atoms with Gasteiger partial charge in [-0.3, -0.25) is 14.5 Å². The largest absolute Gasteiger partial charge is 0.497 e. The normalized spacial score (nSPS) is 14.8. The summed E-state index contributed by atoms with van der Waals surface area (Å²) in [6, 6.07) is 17.7. The maximum absolute atomic E-state index is 13.0. The van der Waals surface area contributed by atoms with Gasteiger partial charge < -0.3 is 10.1 Å². The van der Waals surface area contributed by atoms with Crippen LogP contribution in [0.3, 0.4) is 0 Å². The fourth-order valence-corrected chi connectivity index (χ4v) is 4.93. The minimum atomic E-state index is -0.000120. The topological polar surface area (TPSA) is 58.6 Å². The van der Waals surface area contributed by atoms with Crippen molar-refractivity contribution in [2.75, 3.05) is 25.5 Å². The molecule has 0 radical (unpaired) electrons. The molecule has 6 heteroatoms. The summed E-state index contributed by atoms with van der Waals surface area (Å²) in [7, 11) is 1.65. The van der Waals surface area contributed by atoms with Gasteiger partial charge in [0.15, 0.2) is 5.78 Å². The minimum Gasteiger partial charge on any atom is -0.497 e. The summed E-state index contributed by atoms with van der Waals surface area (Å²) >= 11 is 1.51. The van der Waals surface area contributed by atoms with Gasteiger partial charge in [-0.1, -0.05) is 30.3 Å². The Kier molecular flexibility index (Phi) is 7.02. The fraction of sp³-hybridized carbons (Fsp3) is 0.308. The van der Waals surface area contributed by atoms with E-state index < -0.39 is 0 Å². The molecule has 0 aliphatic carbocycles. The van der Waals surface area contributed by atoms with Crippen molar-refractivity contribution in [2.45, 2.75) is 26.3 Å². The Balaban J connectivity index is 1.37. The molecule has 4 rings (SSSR count). The lowest BCUT2D eigenvalue weighted by Gasteiger charge is -2.31. The number of likely N-dealkylation sites (tertiary alicyclic amines) is 1. The molecule has 3 aromatic rings. The van der Waals surface area contributed by atoms with E-state index in [1.165, 1.54) is 16.9 Å². The number of carbonyl (C=O) groups is 2. The van der Waals surface area contributed by atoms with Crippen molar-refractivity contribution in [1.82, 2.24) is 4.90 Å². The first-order valence-electron chi connectivity index (χ1n) is 10.9. The third-order valence-corrected chi connectivity index (χ3v) is 7.01. The van der Waals surface area contributed by atoms with Gasteiger partial charge in [-0.2, -0.15) is 0 Å². The van der Waals surface area contributed by atoms with Gasteiger partial charge in [0.1, 0.15) is 5.75 Å². The first kappa shape index (κ1) is 22.2. The molecule has 0 unspecified atom stereocenters. The number of carbonyl (C=O) groups excluding carboxylic acids is 2. The average Bonchev–Trinajstić information content (AvgIpc) is 3.29. The molecular formula is C26H28N2O3S. The Bertz CT molecular complexity index is 1100. The number of nitrogens with one attached hydrogen (secondary N) is 1. The quantitative estimate of drug-likeness (QED) is 0.487. The molecule has 0 atom stereocenters. The van der Waals surface area contributed by atoms with Crippen molar-refractivity contribution >= 4 is 28.7 Å². The lowest BCUT2D eigenvalue weighted by Crippen LogP contribution is -2.37. The standard InChI is InChI=1S/C26H28N2O3S/c1-18(29)25-14-19(17-32-25)16-28-12-10-20(11-13-28)26(30)27-24-9-4-3-8-23(24)21-6-5-7-22(15-21)31-2/h3-9,14-15,17,20H,10-13,16H2,1-2H3,(H,27,30). The Morgan fingerprint density at radius 2 is 1.88 bits per heavy atom. The van der Waals surface area contributed by atoms with Crippen molar-refractivity contribution in [1.29, 1.82) is 0 Å². The average molecular weight is 449 g/mol. The summed E-state index contributed by atoms with van der Waals surface area (Å²) < 4.78 is 5.35. The van der Waals surface area contributed by atoms with E-state index in [9.17, 15) is 9.59 Å². The van der Waals surface area contributed by atoms with Gasteiger partial charge in [-0.15, -0.1) is 11.3 Å². The molecule has 1 aliphatic rings. The van der Waals surface area contributed by atoms with E-state index in [0.717, 1.165) is 59.9 Å². The van der Waals surface area contributed by atoms with Crippen LogP contribution < -0.4 is 10.1 Å². The van der Waals surface area contributed by atoms with Crippen LogP contribution in [0.2, 0.25) is 0 Å². The second-order valence-electron chi connectivity index (χ2n) is 8.19. The number of benzene rings is 2. The van der Waals surface area contributed by atoms with Gasteiger partial charge in [0, 0.05) is 23.7 Å². The van der Waals surface area contributed by atoms with E-state index in [0.29, 0.717) is 0 Å². The lowest BCUT2D eigenvalue weighted by molar-refractivity contribution is -0.121. The minimum absolute atomic E-state index is 0.000120. The van der Waals surface area contributed by atoms with Crippen LogP contribution in [0.1, 0.15) is 35.0 Å². The SMILES string of the molecule is COc1cccc(-c2ccccc2NC(=O)C2CCN(Cc3csc(C(C)=O)c3)CC2)c1. The zero-order valence-electron chi connectivity index (χ0n) is 18.5. The van der Waals surface area contributed by atoms with Crippen LogP contribution in [0.5, 0.6) is 5.75 Å². The summed E-state index contributed by atoms with van der Waals surface area (Å²) in [6.45, 7) is 4.19. The Labute approximate surface area is 193 Å². The van der Waals surface area contributed by atoms with Crippen molar-refractivity contribution in [3.8, 4) is 16.9 Å². The summed E-state index contributed by atoms with van der Waals surface area (Å²) in [5.74, 6) is 0.983. The van der Waals surface area contributed by atoms with Crippen LogP contribution >= 0.6 is 11.3 Å². The monoisotopic (exact) mass is 448 g/mol. The lowest BCUT2D eigenvalue weighted by atomic mass is 9.95. The Hall–Kier alpha value is -2.96. The highest BCUT2D eigenvalue weighted by Crippen LogP contribution is 2.31. The number of Topliss-reactive ketones (excluding diaryl/α,β-unsaturated/α-hetero) is 1. The van der Waals surface area contributed by atoms with Gasteiger partial charge in [0.2, 0.25) is 5.91 Å². The number of ketones is 1. The molecule has 5 nitrogen and oxygen atoms in total. The third kappa shape index (κ3) is 5.26. The molecule has 1 N–H and O–H groups in total. The number of amides is 1. The highest BCUT2D eigenvalue weighted by molar-refractivity contribution is 7.12. The van der Waals surface area contributed by atoms with Crippen LogP contribution in [0.4, 0.5) is 5.69 Å². The van der Waals surface area contributed by atoms with Crippen molar-refractivity contribution < 1.29 is 14.3 Å². The van der Waals surface area contributed by atoms with Crippen LogP contribution in [-0.4, -0.2) is 36.8 Å². The number of para-hydroxylation sites is 1. The number of piperidine rings is 1. The molecule has 0 spiro atoms. The smallest absolute Gasteiger partial charge is 0.227 e. The molecule has 1 saturated heterocycles. The Morgan fingerprint density at radius 3 is 2.59 bits per heavy atom. The number of methoxy groups -OCH3 is 1. The van der Waals surface area contributed by atoms with Gasteiger partial charge in [-0.25, -0.2) is 0 Å². The van der Waals surface area contributed by atoms with E-state index in [4.69, 9.17) is 4.74 Å². The molecule has 166 valence electrons. The molecule has 2 heterocycles. The molecule has 1 fully saturated rings. The van der Waals surface area contributed by atoms with E-state index in [2.05, 4.69) is 15.6 Å². The number of rotatable bonds is 7. The molecule has 0 bridgehead atoms. The second-order valence-corrected chi connectivity index (χ2v) is 9.10. The van der Waals surface area contributed by atoms with Gasteiger partial charge >= 0.3 is 0 Å². The van der Waals surface area contributed by atoms with E-state index >= 15 is 0 Å². The summed E-state index contributed by atoms with van der Waals surface area (Å²) in [5.41, 5.74) is 3.99. The van der Waals surface area contributed by atoms with Gasteiger partial charge in [0.05, 0.1) is 12.0 Å². The predicted octanol–water partition coefficient (Wildman–Crippen LogP) is 5.48. The summed E-state index contributed by atoms with van der Waals surface area (Å²) in [6.07, 6.45) is 1.66. The van der Waals surface area contributed by atoms with Crippen LogP contribution in [-0.2, 0) is 11.3 Å². The van der Waals surface area contributed by atoms with Crippen LogP contribution in [0.25, 0.3) is 11.1 Å². The van der Waals surface area contributed by atoms with E-state index in [1.807, 2.05) is 54.6 Å². The second kappa shape index (κ2) is 10.1. The number of hydrogen-bond acceptors (Lipinski definition) is 5. The number of ether oxygens (including phenoxy) is 1. The summed E-state index contributed by atoms with van der Waals surface area (Å²) in [4.78, 5) is 27.7. The first-order chi connectivity index (χ1) is 15.5. The van der Waals surface area contributed by atoms with E-state index in [1.54, 1.807) is 14.0 Å². The zero-order chi connectivity index (χ0) is 22.5. The maximum atomic E-state index is 13.0. The van der Waals surface area contributed by atoms with Crippen molar-refractivity contribution in [2.24, 2.45) is 5.92 Å². The van der Waals surface area contributed by atoms with E-state index in [-0.39, 0.29) is 17.6 Å². The molecule has 1 aromatic heterocycles. The molecule has 1 amide bonds. The van der Waals surface area contributed by atoms with Crippen molar-refractivity contribution in [3.05, 3.63) is 70.4 Å². The third-order valence-electron chi connectivity index (χ3n) is 5.93. The molecule has 1 aliphatic heterocycles. The van der Waals surface area contributed by atoms with Crippen LogP contribution in [0.15, 0.2) is 60.0 Å². The number of hydrogen-bond donors (Lipinski definition) is 1. The van der Waals surface area contributed by atoms with Gasteiger partial charge in [-0.05, 0) is 73.6 Å². The molecule has 0 saturated carbocycles. The van der Waals surface area contributed by atoms with Gasteiger partial charge in [0.25, 0.3) is 0 Å².